The van der Waals surface area contributed by atoms with Crippen LogP contribution in [0.2, 0.25) is 0 Å². The van der Waals surface area contributed by atoms with Crippen LogP contribution in [0.15, 0.2) is 42.5 Å². The maximum Gasteiger partial charge on any atom is 0.253 e. The Morgan fingerprint density at radius 1 is 1.00 bits per heavy atom. The molecule has 1 fully saturated rings. The summed E-state index contributed by atoms with van der Waals surface area (Å²) in [5.74, 6) is 0.677. The summed E-state index contributed by atoms with van der Waals surface area (Å²) in [6.45, 7) is 9.04. The van der Waals surface area contributed by atoms with E-state index in [0.717, 1.165) is 49.7 Å². The standard InChI is InChI=1S/C25H34N4O3/c1-5-18(3)26-25(31)20-17-19(27-24(30)6-2)11-12-21(20)28-13-15-29(16-14-28)22-9-7-8-10-23(22)32-4/h7-12,17-18H,5-6,13-16H2,1-4H3,(H,26,31)(H,27,30). The first kappa shape index (κ1) is 23.4. The lowest BCUT2D eigenvalue weighted by molar-refractivity contribution is -0.115. The first-order chi connectivity index (χ1) is 15.5. The number of nitrogens with zero attached hydrogens (tertiary/aromatic N) is 2. The van der Waals surface area contributed by atoms with Gasteiger partial charge in [0.05, 0.1) is 18.4 Å². The van der Waals surface area contributed by atoms with Gasteiger partial charge in [0.15, 0.2) is 0 Å². The second-order valence-electron chi connectivity index (χ2n) is 8.06. The molecule has 1 atom stereocenters. The molecular weight excluding hydrogens is 404 g/mol. The zero-order chi connectivity index (χ0) is 23.1. The number of methoxy groups -OCH3 is 1. The van der Waals surface area contributed by atoms with Crippen LogP contribution in [0.1, 0.15) is 44.0 Å². The van der Waals surface area contributed by atoms with Gasteiger partial charge in [-0.15, -0.1) is 0 Å². The van der Waals surface area contributed by atoms with Crippen LogP contribution >= 0.6 is 0 Å². The van der Waals surface area contributed by atoms with Crippen molar-refractivity contribution >= 4 is 28.9 Å². The molecular formula is C25H34N4O3. The first-order valence-corrected chi connectivity index (χ1v) is 11.3. The van der Waals surface area contributed by atoms with Gasteiger partial charge in [-0.05, 0) is 43.7 Å². The highest BCUT2D eigenvalue weighted by Gasteiger charge is 2.24. The molecule has 0 bridgehead atoms. The van der Waals surface area contributed by atoms with E-state index < -0.39 is 0 Å². The third kappa shape index (κ3) is 5.52. The second-order valence-corrected chi connectivity index (χ2v) is 8.06. The lowest BCUT2D eigenvalue weighted by Crippen LogP contribution is -2.47. The van der Waals surface area contributed by atoms with Crippen LogP contribution in [-0.4, -0.2) is 51.1 Å². The zero-order valence-corrected chi connectivity index (χ0v) is 19.5. The largest absolute Gasteiger partial charge is 0.495 e. The maximum absolute atomic E-state index is 13.1. The van der Waals surface area contributed by atoms with E-state index in [4.69, 9.17) is 4.74 Å². The van der Waals surface area contributed by atoms with Crippen LogP contribution in [-0.2, 0) is 4.79 Å². The van der Waals surface area contributed by atoms with Gasteiger partial charge >= 0.3 is 0 Å². The predicted molar refractivity (Wildman–Crippen MR) is 130 cm³/mol. The molecule has 172 valence electrons. The zero-order valence-electron chi connectivity index (χ0n) is 19.5. The number of carbonyl (C=O) groups is 2. The highest BCUT2D eigenvalue weighted by atomic mass is 16.5. The minimum Gasteiger partial charge on any atom is -0.495 e. The third-order valence-electron chi connectivity index (χ3n) is 5.88. The maximum atomic E-state index is 13.1. The normalized spacial score (nSPS) is 14.6. The van der Waals surface area contributed by atoms with Crippen molar-refractivity contribution in [2.24, 2.45) is 0 Å². The summed E-state index contributed by atoms with van der Waals surface area (Å²) in [5, 5.41) is 5.93. The fourth-order valence-electron chi connectivity index (χ4n) is 3.80. The van der Waals surface area contributed by atoms with E-state index in [1.54, 1.807) is 13.2 Å². The Balaban J connectivity index is 1.81. The van der Waals surface area contributed by atoms with E-state index in [2.05, 4.69) is 26.5 Å². The molecule has 0 aromatic heterocycles. The molecule has 2 amide bonds. The summed E-state index contributed by atoms with van der Waals surface area (Å²) in [4.78, 5) is 29.5. The summed E-state index contributed by atoms with van der Waals surface area (Å²) in [7, 11) is 1.69. The average Bonchev–Trinajstić information content (AvgIpc) is 2.83. The number of rotatable bonds is 8. The second kappa shape index (κ2) is 10.9. The van der Waals surface area contributed by atoms with Gasteiger partial charge in [0, 0.05) is 50.0 Å². The molecule has 0 spiro atoms. The molecule has 0 radical (unpaired) electrons. The van der Waals surface area contributed by atoms with Crippen molar-refractivity contribution in [3.63, 3.8) is 0 Å². The van der Waals surface area contributed by atoms with Crippen LogP contribution < -0.4 is 25.2 Å². The van der Waals surface area contributed by atoms with Crippen molar-refractivity contribution in [3.05, 3.63) is 48.0 Å². The van der Waals surface area contributed by atoms with Crippen molar-refractivity contribution in [1.82, 2.24) is 5.32 Å². The number of piperazine rings is 1. The summed E-state index contributed by atoms with van der Waals surface area (Å²) in [6, 6.07) is 13.7. The van der Waals surface area contributed by atoms with Gasteiger partial charge in [0.2, 0.25) is 5.91 Å². The third-order valence-corrected chi connectivity index (χ3v) is 5.88. The van der Waals surface area contributed by atoms with Crippen LogP contribution in [0, 0.1) is 0 Å². The Hall–Kier alpha value is -3.22. The fraction of sp³-hybridized carbons (Fsp3) is 0.440. The molecule has 2 aromatic rings. The molecule has 1 aliphatic rings. The van der Waals surface area contributed by atoms with Gasteiger partial charge in [-0.1, -0.05) is 26.0 Å². The monoisotopic (exact) mass is 438 g/mol. The molecule has 2 N–H and O–H groups in total. The van der Waals surface area contributed by atoms with Crippen LogP contribution in [0.25, 0.3) is 0 Å². The molecule has 7 nitrogen and oxygen atoms in total. The van der Waals surface area contributed by atoms with E-state index in [0.29, 0.717) is 17.7 Å². The predicted octanol–water partition coefficient (Wildman–Crippen LogP) is 3.90. The number of nitrogens with one attached hydrogen (secondary N) is 2. The molecule has 1 heterocycles. The van der Waals surface area contributed by atoms with Gasteiger partial charge in [0.25, 0.3) is 5.91 Å². The van der Waals surface area contributed by atoms with Crippen molar-refractivity contribution in [3.8, 4) is 5.75 Å². The number of hydrogen-bond donors (Lipinski definition) is 2. The Kier molecular flexibility index (Phi) is 7.98. The lowest BCUT2D eigenvalue weighted by atomic mass is 10.1. The van der Waals surface area contributed by atoms with E-state index in [1.807, 2.05) is 51.1 Å². The van der Waals surface area contributed by atoms with Crippen molar-refractivity contribution in [2.45, 2.75) is 39.7 Å². The number of ether oxygens (including phenoxy) is 1. The Morgan fingerprint density at radius 3 is 2.28 bits per heavy atom. The summed E-state index contributed by atoms with van der Waals surface area (Å²) >= 11 is 0. The fourth-order valence-corrected chi connectivity index (χ4v) is 3.80. The number of benzene rings is 2. The van der Waals surface area contributed by atoms with Crippen LogP contribution in [0.4, 0.5) is 17.1 Å². The van der Waals surface area contributed by atoms with Crippen molar-refractivity contribution in [1.29, 1.82) is 0 Å². The number of para-hydroxylation sites is 2. The molecule has 1 unspecified atom stereocenters. The van der Waals surface area contributed by atoms with Gasteiger partial charge in [-0.3, -0.25) is 9.59 Å². The molecule has 32 heavy (non-hydrogen) atoms. The molecule has 0 aliphatic carbocycles. The van der Waals surface area contributed by atoms with Gasteiger partial charge in [-0.25, -0.2) is 0 Å². The lowest BCUT2D eigenvalue weighted by Gasteiger charge is -2.38. The summed E-state index contributed by atoms with van der Waals surface area (Å²) in [6.07, 6.45) is 1.24. The molecule has 1 aliphatic heterocycles. The molecule has 2 aromatic carbocycles. The van der Waals surface area contributed by atoms with Crippen molar-refractivity contribution in [2.75, 3.05) is 48.4 Å². The van der Waals surface area contributed by atoms with Crippen LogP contribution in [0.5, 0.6) is 5.75 Å². The van der Waals surface area contributed by atoms with E-state index in [-0.39, 0.29) is 17.9 Å². The quantitative estimate of drug-likeness (QED) is 0.654. The average molecular weight is 439 g/mol. The van der Waals surface area contributed by atoms with Crippen molar-refractivity contribution < 1.29 is 14.3 Å². The molecule has 0 saturated carbocycles. The topological polar surface area (TPSA) is 73.9 Å². The molecule has 3 rings (SSSR count). The summed E-state index contributed by atoms with van der Waals surface area (Å²) in [5.41, 5.74) is 3.20. The Bertz CT molecular complexity index is 939. The highest BCUT2D eigenvalue weighted by Crippen LogP contribution is 2.31. The Labute approximate surface area is 190 Å². The number of anilines is 3. The Morgan fingerprint density at radius 2 is 1.66 bits per heavy atom. The minimum absolute atomic E-state index is 0.0727. The van der Waals surface area contributed by atoms with E-state index in [9.17, 15) is 9.59 Å². The van der Waals surface area contributed by atoms with Crippen LogP contribution in [0.3, 0.4) is 0 Å². The highest BCUT2D eigenvalue weighted by molar-refractivity contribution is 6.02. The van der Waals surface area contributed by atoms with Gasteiger partial charge < -0.3 is 25.2 Å². The molecule has 7 heteroatoms. The first-order valence-electron chi connectivity index (χ1n) is 11.3. The number of hydrogen-bond acceptors (Lipinski definition) is 5. The van der Waals surface area contributed by atoms with E-state index >= 15 is 0 Å². The van der Waals surface area contributed by atoms with E-state index in [1.165, 1.54) is 0 Å². The number of carbonyl (C=O) groups excluding carboxylic acids is 2. The number of amides is 2. The van der Waals surface area contributed by atoms with Gasteiger partial charge in [-0.2, -0.15) is 0 Å². The molecule has 1 saturated heterocycles. The minimum atomic E-state index is -0.117. The summed E-state index contributed by atoms with van der Waals surface area (Å²) < 4.78 is 5.52. The smallest absolute Gasteiger partial charge is 0.253 e. The van der Waals surface area contributed by atoms with Gasteiger partial charge in [0.1, 0.15) is 5.75 Å². The SMILES string of the molecule is CCC(=O)Nc1ccc(N2CCN(c3ccccc3OC)CC2)c(C(=O)NC(C)CC)c1.